The van der Waals surface area contributed by atoms with Gasteiger partial charge in [0, 0.05) is 13.1 Å². The van der Waals surface area contributed by atoms with E-state index in [0.717, 1.165) is 19.3 Å². The molecular formula is C10H22N2O2. The fourth-order valence-electron chi connectivity index (χ4n) is 1.11. The third-order valence-electron chi connectivity index (χ3n) is 1.92. The summed E-state index contributed by atoms with van der Waals surface area (Å²) in [7, 11) is 0. The van der Waals surface area contributed by atoms with E-state index in [1.54, 1.807) is 0 Å². The number of carbonyl (C=O) groups excluding carboxylic acids is 1. The summed E-state index contributed by atoms with van der Waals surface area (Å²) in [6.07, 6.45) is 2.69. The molecule has 0 spiro atoms. The summed E-state index contributed by atoms with van der Waals surface area (Å²) in [4.78, 5) is 11.2. The van der Waals surface area contributed by atoms with Gasteiger partial charge < -0.3 is 15.8 Å². The number of unbranched alkanes of at least 4 members (excludes halogenated alkanes) is 1. The minimum absolute atomic E-state index is 0.378. The fraction of sp³-hybridized carbons (Fsp3) is 0.900. The van der Waals surface area contributed by atoms with Crippen molar-refractivity contribution in [3.63, 3.8) is 0 Å². The molecule has 1 amide bonds. The Hall–Kier alpha value is -0.770. The highest BCUT2D eigenvalue weighted by molar-refractivity contribution is 5.67. The molecule has 0 aliphatic heterocycles. The first-order chi connectivity index (χ1) is 6.52. The Labute approximate surface area is 86.2 Å². The van der Waals surface area contributed by atoms with E-state index in [-0.39, 0.29) is 11.7 Å². The third kappa shape index (κ3) is 6.71. The highest BCUT2D eigenvalue weighted by Gasteiger charge is 2.21. The van der Waals surface area contributed by atoms with E-state index >= 15 is 0 Å². The molecule has 14 heavy (non-hydrogen) atoms. The summed E-state index contributed by atoms with van der Waals surface area (Å²) in [5.74, 6) is 0. The van der Waals surface area contributed by atoms with Gasteiger partial charge in [-0.15, -0.1) is 0 Å². The quantitative estimate of drug-likeness (QED) is 0.688. The predicted octanol–water partition coefficient (Wildman–Crippen LogP) is 1.64. The van der Waals surface area contributed by atoms with Crippen LogP contribution in [0.25, 0.3) is 0 Å². The van der Waals surface area contributed by atoms with Crippen LogP contribution in [-0.4, -0.2) is 24.8 Å². The Morgan fingerprint density at radius 3 is 2.64 bits per heavy atom. The number of amides is 1. The molecule has 0 aromatic rings. The Morgan fingerprint density at radius 1 is 1.50 bits per heavy atom. The molecule has 0 saturated carbocycles. The molecule has 4 nitrogen and oxygen atoms in total. The van der Waals surface area contributed by atoms with Crippen molar-refractivity contribution in [3.05, 3.63) is 0 Å². The number of carbonyl (C=O) groups is 1. The van der Waals surface area contributed by atoms with Gasteiger partial charge in [0.15, 0.2) is 0 Å². The van der Waals surface area contributed by atoms with Gasteiger partial charge in [-0.3, -0.25) is 0 Å². The van der Waals surface area contributed by atoms with Gasteiger partial charge in [0.25, 0.3) is 0 Å². The summed E-state index contributed by atoms with van der Waals surface area (Å²) in [5, 5.41) is 2.58. The Balaban J connectivity index is 3.76. The van der Waals surface area contributed by atoms with E-state index in [1.165, 1.54) is 0 Å². The molecule has 0 aromatic heterocycles. The standard InChI is InChI=1S/C10H22N2O2/c1-4-5-6-10(2,3)14-9(13)12-8-7-11/h4-8,11H2,1-3H3,(H,12,13). The SMILES string of the molecule is CCCCC(C)(C)OC(=O)NCCN. The Kier molecular flexibility index (Phi) is 6.28. The van der Waals surface area contributed by atoms with Crippen molar-refractivity contribution in [1.82, 2.24) is 5.32 Å². The summed E-state index contributed by atoms with van der Waals surface area (Å²) >= 11 is 0. The van der Waals surface area contributed by atoms with Crippen LogP contribution in [0, 0.1) is 0 Å². The lowest BCUT2D eigenvalue weighted by molar-refractivity contribution is 0.0314. The highest BCUT2D eigenvalue weighted by atomic mass is 16.6. The highest BCUT2D eigenvalue weighted by Crippen LogP contribution is 2.17. The lowest BCUT2D eigenvalue weighted by Gasteiger charge is -2.24. The van der Waals surface area contributed by atoms with Crippen LogP contribution in [0.15, 0.2) is 0 Å². The first-order valence-corrected chi connectivity index (χ1v) is 5.18. The number of alkyl carbamates (subject to hydrolysis) is 1. The molecule has 0 radical (unpaired) electrons. The van der Waals surface area contributed by atoms with Gasteiger partial charge in [-0.05, 0) is 26.7 Å². The van der Waals surface area contributed by atoms with Crippen LogP contribution in [0.2, 0.25) is 0 Å². The first kappa shape index (κ1) is 13.2. The molecule has 3 N–H and O–H groups in total. The molecule has 0 rings (SSSR count). The molecular weight excluding hydrogens is 180 g/mol. The van der Waals surface area contributed by atoms with Crippen LogP contribution in [0.4, 0.5) is 4.79 Å². The van der Waals surface area contributed by atoms with Crippen LogP contribution in [0.5, 0.6) is 0 Å². The zero-order valence-electron chi connectivity index (χ0n) is 9.43. The monoisotopic (exact) mass is 202 g/mol. The fourth-order valence-corrected chi connectivity index (χ4v) is 1.11. The second kappa shape index (κ2) is 6.65. The van der Waals surface area contributed by atoms with Crippen molar-refractivity contribution < 1.29 is 9.53 Å². The van der Waals surface area contributed by atoms with Crippen molar-refractivity contribution in [3.8, 4) is 0 Å². The van der Waals surface area contributed by atoms with E-state index in [2.05, 4.69) is 12.2 Å². The molecule has 84 valence electrons. The van der Waals surface area contributed by atoms with Gasteiger partial charge in [0.05, 0.1) is 0 Å². The average Bonchev–Trinajstić information content (AvgIpc) is 2.11. The van der Waals surface area contributed by atoms with Crippen molar-refractivity contribution in [2.75, 3.05) is 13.1 Å². The summed E-state index contributed by atoms with van der Waals surface area (Å²) in [6.45, 7) is 6.85. The molecule has 0 heterocycles. The minimum Gasteiger partial charge on any atom is -0.444 e. The van der Waals surface area contributed by atoms with Gasteiger partial charge in [0.2, 0.25) is 0 Å². The molecule has 0 aromatic carbocycles. The lowest BCUT2D eigenvalue weighted by Crippen LogP contribution is -2.36. The maximum atomic E-state index is 11.2. The van der Waals surface area contributed by atoms with Gasteiger partial charge in [-0.1, -0.05) is 13.3 Å². The van der Waals surface area contributed by atoms with Gasteiger partial charge in [0.1, 0.15) is 5.60 Å². The van der Waals surface area contributed by atoms with Crippen LogP contribution in [-0.2, 0) is 4.74 Å². The largest absolute Gasteiger partial charge is 0.444 e. The van der Waals surface area contributed by atoms with Crippen LogP contribution >= 0.6 is 0 Å². The number of nitrogens with two attached hydrogens (primary N) is 1. The van der Waals surface area contributed by atoms with Crippen LogP contribution in [0.1, 0.15) is 40.0 Å². The number of ether oxygens (including phenoxy) is 1. The van der Waals surface area contributed by atoms with Crippen molar-refractivity contribution in [2.45, 2.75) is 45.6 Å². The van der Waals surface area contributed by atoms with Crippen molar-refractivity contribution in [2.24, 2.45) is 5.73 Å². The second-order valence-electron chi connectivity index (χ2n) is 3.97. The molecule has 0 atom stereocenters. The van der Waals surface area contributed by atoms with Gasteiger partial charge in [-0.2, -0.15) is 0 Å². The summed E-state index contributed by atoms with van der Waals surface area (Å²) in [6, 6.07) is 0. The number of rotatable bonds is 6. The van der Waals surface area contributed by atoms with E-state index in [0.29, 0.717) is 13.1 Å². The van der Waals surface area contributed by atoms with Gasteiger partial charge >= 0.3 is 6.09 Å². The molecule has 0 aliphatic rings. The second-order valence-corrected chi connectivity index (χ2v) is 3.97. The maximum Gasteiger partial charge on any atom is 0.407 e. The molecule has 0 bridgehead atoms. The Bertz CT molecular complexity index is 170. The smallest absolute Gasteiger partial charge is 0.407 e. The van der Waals surface area contributed by atoms with E-state index in [1.807, 2.05) is 13.8 Å². The van der Waals surface area contributed by atoms with Gasteiger partial charge in [-0.25, -0.2) is 4.79 Å². The van der Waals surface area contributed by atoms with E-state index < -0.39 is 0 Å². The maximum absolute atomic E-state index is 11.2. The molecule has 0 aliphatic carbocycles. The summed E-state index contributed by atoms with van der Waals surface area (Å²) < 4.78 is 5.24. The number of hydrogen-bond acceptors (Lipinski definition) is 3. The number of nitrogens with one attached hydrogen (secondary N) is 1. The zero-order valence-corrected chi connectivity index (χ0v) is 9.43. The van der Waals surface area contributed by atoms with Crippen molar-refractivity contribution >= 4 is 6.09 Å². The molecule has 0 fully saturated rings. The number of hydrogen-bond donors (Lipinski definition) is 2. The predicted molar refractivity (Wildman–Crippen MR) is 57.1 cm³/mol. The lowest BCUT2D eigenvalue weighted by atomic mass is 10.0. The van der Waals surface area contributed by atoms with E-state index in [9.17, 15) is 4.79 Å². The Morgan fingerprint density at radius 2 is 2.14 bits per heavy atom. The zero-order chi connectivity index (χ0) is 11.0. The van der Waals surface area contributed by atoms with E-state index in [4.69, 9.17) is 10.5 Å². The normalized spacial score (nSPS) is 11.1. The van der Waals surface area contributed by atoms with Crippen molar-refractivity contribution in [1.29, 1.82) is 0 Å². The molecule has 0 saturated heterocycles. The van der Waals surface area contributed by atoms with Crippen LogP contribution in [0.3, 0.4) is 0 Å². The first-order valence-electron chi connectivity index (χ1n) is 5.18. The minimum atomic E-state index is -0.380. The third-order valence-corrected chi connectivity index (χ3v) is 1.92. The molecule has 4 heteroatoms. The average molecular weight is 202 g/mol. The summed E-state index contributed by atoms with van der Waals surface area (Å²) in [5.41, 5.74) is 4.87. The topological polar surface area (TPSA) is 64.3 Å². The van der Waals surface area contributed by atoms with Crippen LogP contribution < -0.4 is 11.1 Å². The molecule has 0 unspecified atom stereocenters.